The van der Waals surface area contributed by atoms with Crippen LogP contribution < -0.4 is 15.4 Å². The van der Waals surface area contributed by atoms with Gasteiger partial charge >= 0.3 is 6.18 Å². The average Bonchev–Trinajstić information content (AvgIpc) is 2.78. The Kier molecular flexibility index (Phi) is 7.35. The van der Waals surface area contributed by atoms with Crippen molar-refractivity contribution in [2.75, 3.05) is 17.7 Å². The van der Waals surface area contributed by atoms with E-state index in [1.807, 2.05) is 13.0 Å². The molecule has 32 heavy (non-hydrogen) atoms. The highest BCUT2D eigenvalue weighted by molar-refractivity contribution is 6.08. The van der Waals surface area contributed by atoms with Crippen LogP contribution in [0.25, 0.3) is 0 Å². The van der Waals surface area contributed by atoms with Gasteiger partial charge in [-0.25, -0.2) is 4.98 Å². The fourth-order valence-corrected chi connectivity index (χ4v) is 3.27. The zero-order chi connectivity index (χ0) is 23.1. The zero-order valence-electron chi connectivity index (χ0n) is 17.8. The van der Waals surface area contributed by atoms with Crippen LogP contribution in [0.1, 0.15) is 40.4 Å². The van der Waals surface area contributed by atoms with Crippen LogP contribution in [0.3, 0.4) is 0 Å². The largest absolute Gasteiger partial charge is 0.481 e. The number of nitrogens with one attached hydrogen (secondary N) is 2. The second-order valence-corrected chi connectivity index (χ2v) is 7.18. The minimum Gasteiger partial charge on any atom is -0.481 e. The van der Waals surface area contributed by atoms with E-state index in [9.17, 15) is 18.0 Å². The Morgan fingerprint density at radius 3 is 2.53 bits per heavy atom. The number of para-hydroxylation sites is 1. The van der Waals surface area contributed by atoms with Crippen molar-refractivity contribution in [3.8, 4) is 5.88 Å². The number of halogens is 3. The molecule has 0 radical (unpaired) electrons. The van der Waals surface area contributed by atoms with Crippen molar-refractivity contribution in [2.45, 2.75) is 32.5 Å². The number of hydrogen-bond acceptors (Lipinski definition) is 4. The number of nitrogens with zero attached hydrogens (tertiary/aromatic N) is 1. The average molecular weight is 443 g/mol. The molecule has 8 heteroatoms. The van der Waals surface area contributed by atoms with Gasteiger partial charge in [-0.2, -0.15) is 13.2 Å². The van der Waals surface area contributed by atoms with Gasteiger partial charge in [0.2, 0.25) is 5.88 Å². The van der Waals surface area contributed by atoms with Gasteiger partial charge in [0.15, 0.2) is 0 Å². The second-order valence-electron chi connectivity index (χ2n) is 7.18. The van der Waals surface area contributed by atoms with Gasteiger partial charge in [0.1, 0.15) is 0 Å². The van der Waals surface area contributed by atoms with E-state index in [2.05, 4.69) is 15.6 Å². The van der Waals surface area contributed by atoms with Gasteiger partial charge in [-0.3, -0.25) is 4.79 Å². The Balaban J connectivity index is 1.77. The number of alkyl halides is 3. The van der Waals surface area contributed by atoms with Crippen LogP contribution in [0.15, 0.2) is 60.8 Å². The number of aryl methyl sites for hydroxylation is 1. The van der Waals surface area contributed by atoms with Crippen LogP contribution in [0.4, 0.5) is 24.5 Å². The maximum atomic E-state index is 13.4. The summed E-state index contributed by atoms with van der Waals surface area (Å²) < 4.78 is 45.4. The van der Waals surface area contributed by atoms with Crippen molar-refractivity contribution in [2.24, 2.45) is 0 Å². The van der Waals surface area contributed by atoms with Crippen LogP contribution in [-0.4, -0.2) is 18.0 Å². The van der Waals surface area contributed by atoms with E-state index >= 15 is 0 Å². The molecule has 0 aliphatic carbocycles. The number of methoxy groups -OCH3 is 1. The predicted octanol–water partition coefficient (Wildman–Crippen LogP) is 5.93. The molecule has 1 heterocycles. The first-order valence-electron chi connectivity index (χ1n) is 10.1. The highest BCUT2D eigenvalue weighted by Gasteiger charge is 2.33. The number of pyridine rings is 1. The number of rotatable bonds is 8. The summed E-state index contributed by atoms with van der Waals surface area (Å²) in [7, 11) is 1.53. The molecule has 1 aromatic heterocycles. The molecule has 0 aliphatic heterocycles. The summed E-state index contributed by atoms with van der Waals surface area (Å²) in [5, 5.41) is 5.76. The molecule has 2 aromatic carbocycles. The summed E-state index contributed by atoms with van der Waals surface area (Å²) in [5.74, 6) is -0.00553. The molecule has 0 atom stereocenters. The second kappa shape index (κ2) is 10.2. The van der Waals surface area contributed by atoms with Crippen LogP contribution in [-0.2, 0) is 19.1 Å². The van der Waals surface area contributed by atoms with Crippen molar-refractivity contribution in [1.82, 2.24) is 4.98 Å². The molecule has 5 nitrogen and oxygen atoms in total. The van der Waals surface area contributed by atoms with E-state index in [-0.39, 0.29) is 11.3 Å². The van der Waals surface area contributed by atoms with Gasteiger partial charge in [0.05, 0.1) is 18.2 Å². The van der Waals surface area contributed by atoms with Crippen molar-refractivity contribution in [3.05, 3.63) is 83.0 Å². The number of anilines is 2. The number of benzene rings is 2. The molecule has 168 valence electrons. The number of carbonyl (C=O) groups is 1. The Morgan fingerprint density at radius 2 is 1.88 bits per heavy atom. The first kappa shape index (κ1) is 23.1. The lowest BCUT2D eigenvalue weighted by molar-refractivity contribution is -0.138. The lowest BCUT2D eigenvalue weighted by Crippen LogP contribution is -2.16. The maximum Gasteiger partial charge on any atom is 0.416 e. The summed E-state index contributed by atoms with van der Waals surface area (Å²) in [6, 6.07) is 14.3. The smallest absolute Gasteiger partial charge is 0.416 e. The van der Waals surface area contributed by atoms with Gasteiger partial charge in [-0.15, -0.1) is 0 Å². The molecule has 0 unspecified atom stereocenters. The normalized spacial score (nSPS) is 11.2. The lowest BCUT2D eigenvalue weighted by atomic mass is 10.0. The molecule has 3 aromatic rings. The topological polar surface area (TPSA) is 63.2 Å². The first-order valence-corrected chi connectivity index (χ1v) is 10.1. The molecule has 2 N–H and O–H groups in total. The third-order valence-corrected chi connectivity index (χ3v) is 4.85. The number of ether oxygens (including phenoxy) is 1. The molecule has 0 aliphatic rings. The minimum absolute atomic E-state index is 0.0938. The summed E-state index contributed by atoms with van der Waals surface area (Å²) in [6.07, 6.45) is -1.92. The maximum absolute atomic E-state index is 13.4. The minimum atomic E-state index is -4.49. The molecular weight excluding hydrogens is 419 g/mol. The van der Waals surface area contributed by atoms with Gasteiger partial charge in [0.25, 0.3) is 5.91 Å². The van der Waals surface area contributed by atoms with Crippen molar-refractivity contribution >= 4 is 17.3 Å². The Labute approximate surface area is 184 Å². The van der Waals surface area contributed by atoms with E-state index < -0.39 is 17.6 Å². The van der Waals surface area contributed by atoms with Crippen molar-refractivity contribution in [1.29, 1.82) is 0 Å². The molecule has 3 rings (SSSR count). The summed E-state index contributed by atoms with van der Waals surface area (Å²) >= 11 is 0. The summed E-state index contributed by atoms with van der Waals surface area (Å²) in [5.41, 5.74) is 1.34. The van der Waals surface area contributed by atoms with E-state index in [1.54, 1.807) is 36.5 Å². The van der Waals surface area contributed by atoms with Crippen LogP contribution in [0.5, 0.6) is 5.88 Å². The van der Waals surface area contributed by atoms with Gasteiger partial charge in [0, 0.05) is 30.2 Å². The lowest BCUT2D eigenvalue weighted by Gasteiger charge is -2.16. The highest BCUT2D eigenvalue weighted by Crippen LogP contribution is 2.34. The Morgan fingerprint density at radius 1 is 1.09 bits per heavy atom. The molecule has 0 fully saturated rings. The molecule has 0 spiro atoms. The fraction of sp³-hybridized carbons (Fsp3) is 0.250. The summed E-state index contributed by atoms with van der Waals surface area (Å²) in [6.45, 7) is 2.23. The third kappa shape index (κ3) is 5.78. The van der Waals surface area contributed by atoms with E-state index in [0.717, 1.165) is 11.6 Å². The third-order valence-electron chi connectivity index (χ3n) is 4.85. The number of amides is 1. The monoisotopic (exact) mass is 443 g/mol. The van der Waals surface area contributed by atoms with E-state index in [1.165, 1.54) is 19.2 Å². The molecule has 0 saturated heterocycles. The van der Waals surface area contributed by atoms with E-state index in [0.29, 0.717) is 36.5 Å². The van der Waals surface area contributed by atoms with Gasteiger partial charge in [-0.05, 0) is 41.8 Å². The quantitative estimate of drug-likeness (QED) is 0.453. The van der Waals surface area contributed by atoms with Crippen LogP contribution >= 0.6 is 0 Å². The van der Waals surface area contributed by atoms with E-state index in [4.69, 9.17) is 4.74 Å². The standard InChI is InChI=1S/C24H24F3N3O2/c1-3-6-17-10-11-18(13-20(17)24(25,26)27)30-23(31)19-7-4-5-8-21(19)28-14-16-9-12-22(32-2)29-15-16/h4-5,7-13,15,28H,3,6,14H2,1-2H3,(H,30,31). The molecule has 0 bridgehead atoms. The Bertz CT molecular complexity index is 1070. The SMILES string of the molecule is CCCc1ccc(NC(=O)c2ccccc2NCc2ccc(OC)nc2)cc1C(F)(F)F. The highest BCUT2D eigenvalue weighted by atomic mass is 19.4. The fourth-order valence-electron chi connectivity index (χ4n) is 3.27. The van der Waals surface area contributed by atoms with Crippen molar-refractivity contribution < 1.29 is 22.7 Å². The molecule has 1 amide bonds. The first-order chi connectivity index (χ1) is 15.3. The number of hydrogen-bond donors (Lipinski definition) is 2. The molecule has 0 saturated carbocycles. The predicted molar refractivity (Wildman–Crippen MR) is 118 cm³/mol. The summed E-state index contributed by atoms with van der Waals surface area (Å²) in [4.78, 5) is 17.0. The van der Waals surface area contributed by atoms with Gasteiger partial charge < -0.3 is 15.4 Å². The number of aromatic nitrogens is 1. The number of carbonyl (C=O) groups excluding carboxylic acids is 1. The zero-order valence-corrected chi connectivity index (χ0v) is 17.8. The van der Waals surface area contributed by atoms with Crippen LogP contribution in [0.2, 0.25) is 0 Å². The molecular formula is C24H24F3N3O2. The Hall–Kier alpha value is -3.55. The van der Waals surface area contributed by atoms with Gasteiger partial charge in [-0.1, -0.05) is 37.6 Å². The van der Waals surface area contributed by atoms with Crippen molar-refractivity contribution in [3.63, 3.8) is 0 Å². The van der Waals surface area contributed by atoms with Crippen LogP contribution in [0, 0.1) is 0 Å².